The molecule has 0 radical (unpaired) electrons. The van der Waals surface area contributed by atoms with Crippen LogP contribution < -0.4 is 5.32 Å². The van der Waals surface area contributed by atoms with Crippen LogP contribution in [0.3, 0.4) is 0 Å². The molecule has 0 aromatic rings. The smallest absolute Gasteiger partial charge is 0.242 e. The van der Waals surface area contributed by atoms with Crippen LogP contribution in [0.25, 0.3) is 0 Å². The second-order valence-electron chi connectivity index (χ2n) is 3.67. The zero-order valence-electron chi connectivity index (χ0n) is 9.12. The summed E-state index contributed by atoms with van der Waals surface area (Å²) in [5, 5.41) is 2.55. The number of piperazine rings is 1. The van der Waals surface area contributed by atoms with Crippen molar-refractivity contribution in [2.45, 2.75) is 38.8 Å². The first-order chi connectivity index (χ1) is 7.11. The molecule has 0 aliphatic carbocycles. The molecule has 15 heavy (non-hydrogen) atoms. The van der Waals surface area contributed by atoms with E-state index in [1.165, 1.54) is 0 Å². The fourth-order valence-electron chi connectivity index (χ4n) is 1.84. The molecule has 2 atom stereocenters. The molecule has 1 N–H and O–H groups in total. The molecule has 1 aliphatic rings. The van der Waals surface area contributed by atoms with Gasteiger partial charge in [0.05, 0.1) is 6.54 Å². The zero-order chi connectivity index (χ0) is 11.4. The standard InChI is InChI=1S/C11H16N2O2/c1-4-6-9(5-2)13-8(3)11(15)12-7-10(13)14/h1,8-9H,5-7H2,2-3H3,(H,12,15). The molecule has 0 bridgehead atoms. The average Bonchev–Trinajstić information content (AvgIpc) is 2.22. The Hall–Kier alpha value is -1.50. The third-order valence-corrected chi connectivity index (χ3v) is 2.72. The molecule has 82 valence electrons. The van der Waals surface area contributed by atoms with Crippen molar-refractivity contribution in [3.63, 3.8) is 0 Å². The van der Waals surface area contributed by atoms with Gasteiger partial charge in [0.15, 0.2) is 0 Å². The number of hydrogen-bond donors (Lipinski definition) is 1. The molecule has 1 rings (SSSR count). The number of hydrogen-bond acceptors (Lipinski definition) is 2. The van der Waals surface area contributed by atoms with Gasteiger partial charge in [-0.1, -0.05) is 6.92 Å². The zero-order valence-corrected chi connectivity index (χ0v) is 9.12. The summed E-state index contributed by atoms with van der Waals surface area (Å²) in [6.45, 7) is 3.78. The molecule has 0 aromatic carbocycles. The van der Waals surface area contributed by atoms with Crippen molar-refractivity contribution in [3.8, 4) is 12.3 Å². The highest BCUT2D eigenvalue weighted by molar-refractivity contribution is 5.94. The Kier molecular flexibility index (Phi) is 3.73. The number of nitrogens with one attached hydrogen (secondary N) is 1. The largest absolute Gasteiger partial charge is 0.345 e. The van der Waals surface area contributed by atoms with Gasteiger partial charge in [-0.3, -0.25) is 9.59 Å². The van der Waals surface area contributed by atoms with Gasteiger partial charge in [0.1, 0.15) is 6.04 Å². The van der Waals surface area contributed by atoms with Crippen molar-refractivity contribution in [3.05, 3.63) is 0 Å². The Bertz CT molecular complexity index is 306. The van der Waals surface area contributed by atoms with Crippen molar-refractivity contribution < 1.29 is 9.59 Å². The van der Waals surface area contributed by atoms with Gasteiger partial charge >= 0.3 is 0 Å². The van der Waals surface area contributed by atoms with Crippen LogP contribution in [-0.2, 0) is 9.59 Å². The maximum absolute atomic E-state index is 11.7. The highest BCUT2D eigenvalue weighted by Gasteiger charge is 2.34. The third kappa shape index (κ3) is 2.30. The van der Waals surface area contributed by atoms with Gasteiger partial charge in [-0.05, 0) is 13.3 Å². The molecular formula is C11H16N2O2. The number of amides is 2. The molecule has 0 spiro atoms. The minimum Gasteiger partial charge on any atom is -0.345 e. The fourth-order valence-corrected chi connectivity index (χ4v) is 1.84. The third-order valence-electron chi connectivity index (χ3n) is 2.72. The number of carbonyl (C=O) groups is 2. The highest BCUT2D eigenvalue weighted by Crippen LogP contribution is 2.15. The first-order valence-corrected chi connectivity index (χ1v) is 5.14. The van der Waals surface area contributed by atoms with E-state index in [-0.39, 0.29) is 24.4 Å². The lowest BCUT2D eigenvalue weighted by atomic mass is 10.0. The van der Waals surface area contributed by atoms with Crippen LogP contribution in [-0.4, -0.2) is 35.3 Å². The second kappa shape index (κ2) is 4.83. The van der Waals surface area contributed by atoms with E-state index in [1.54, 1.807) is 11.8 Å². The van der Waals surface area contributed by atoms with E-state index in [4.69, 9.17) is 6.42 Å². The van der Waals surface area contributed by atoms with Crippen molar-refractivity contribution >= 4 is 11.8 Å². The van der Waals surface area contributed by atoms with E-state index in [1.807, 2.05) is 6.92 Å². The molecule has 4 nitrogen and oxygen atoms in total. The number of rotatable bonds is 3. The average molecular weight is 208 g/mol. The first kappa shape index (κ1) is 11.6. The van der Waals surface area contributed by atoms with E-state index >= 15 is 0 Å². The molecule has 2 unspecified atom stereocenters. The predicted octanol–water partition coefficient (Wildman–Crippen LogP) is 0.135. The summed E-state index contributed by atoms with van der Waals surface area (Å²) in [4.78, 5) is 24.7. The predicted molar refractivity (Wildman–Crippen MR) is 56.8 cm³/mol. The van der Waals surface area contributed by atoms with Crippen LogP contribution in [0.1, 0.15) is 26.7 Å². The Balaban J connectivity index is 2.83. The van der Waals surface area contributed by atoms with E-state index in [0.717, 1.165) is 6.42 Å². The first-order valence-electron chi connectivity index (χ1n) is 5.14. The van der Waals surface area contributed by atoms with Crippen molar-refractivity contribution in [2.24, 2.45) is 0 Å². The van der Waals surface area contributed by atoms with Gasteiger partial charge in [-0.2, -0.15) is 0 Å². The van der Waals surface area contributed by atoms with Crippen LogP contribution in [0.5, 0.6) is 0 Å². The van der Waals surface area contributed by atoms with Crippen LogP contribution in [0, 0.1) is 12.3 Å². The summed E-state index contributed by atoms with van der Waals surface area (Å²) in [6, 6.07) is -0.437. The van der Waals surface area contributed by atoms with Gasteiger partial charge in [0.2, 0.25) is 11.8 Å². The summed E-state index contributed by atoms with van der Waals surface area (Å²) in [5.41, 5.74) is 0. The molecule has 0 saturated carbocycles. The summed E-state index contributed by atoms with van der Waals surface area (Å²) >= 11 is 0. The number of nitrogens with zero attached hydrogens (tertiary/aromatic N) is 1. The Morgan fingerprint density at radius 3 is 2.87 bits per heavy atom. The monoisotopic (exact) mass is 208 g/mol. The van der Waals surface area contributed by atoms with E-state index in [0.29, 0.717) is 6.42 Å². The fraction of sp³-hybridized carbons (Fsp3) is 0.636. The molecular weight excluding hydrogens is 192 g/mol. The van der Waals surface area contributed by atoms with Crippen LogP contribution in [0.2, 0.25) is 0 Å². The lowest BCUT2D eigenvalue weighted by molar-refractivity contribution is -0.147. The lowest BCUT2D eigenvalue weighted by Crippen LogP contribution is -2.60. The topological polar surface area (TPSA) is 49.4 Å². The summed E-state index contributed by atoms with van der Waals surface area (Å²) in [6.07, 6.45) is 6.52. The van der Waals surface area contributed by atoms with Crippen molar-refractivity contribution in [2.75, 3.05) is 6.54 Å². The van der Waals surface area contributed by atoms with Gasteiger partial charge in [-0.25, -0.2) is 0 Å². The van der Waals surface area contributed by atoms with Crippen LogP contribution >= 0.6 is 0 Å². The van der Waals surface area contributed by atoms with Crippen molar-refractivity contribution in [1.82, 2.24) is 10.2 Å². The summed E-state index contributed by atoms with van der Waals surface area (Å²) in [5.74, 6) is 2.39. The summed E-state index contributed by atoms with van der Waals surface area (Å²) < 4.78 is 0. The van der Waals surface area contributed by atoms with Crippen LogP contribution in [0.4, 0.5) is 0 Å². The second-order valence-corrected chi connectivity index (χ2v) is 3.67. The molecule has 2 amide bonds. The lowest BCUT2D eigenvalue weighted by Gasteiger charge is -2.37. The SMILES string of the molecule is C#CCC(CC)N1C(=O)CNC(=O)C1C. The molecule has 0 aromatic heterocycles. The number of carbonyl (C=O) groups excluding carboxylic acids is 2. The summed E-state index contributed by atoms with van der Waals surface area (Å²) in [7, 11) is 0. The highest BCUT2D eigenvalue weighted by atomic mass is 16.2. The maximum Gasteiger partial charge on any atom is 0.242 e. The van der Waals surface area contributed by atoms with E-state index in [2.05, 4.69) is 11.2 Å². The molecule has 1 saturated heterocycles. The normalized spacial score (nSPS) is 23.3. The molecule has 4 heteroatoms. The maximum atomic E-state index is 11.7. The van der Waals surface area contributed by atoms with Gasteiger partial charge in [0, 0.05) is 12.5 Å². The van der Waals surface area contributed by atoms with Crippen molar-refractivity contribution in [1.29, 1.82) is 0 Å². The molecule has 1 heterocycles. The Labute approximate surface area is 90.0 Å². The molecule has 1 fully saturated rings. The minimum atomic E-state index is -0.412. The van der Waals surface area contributed by atoms with Gasteiger partial charge in [0.25, 0.3) is 0 Å². The van der Waals surface area contributed by atoms with Gasteiger partial charge < -0.3 is 10.2 Å². The Morgan fingerprint density at radius 1 is 1.67 bits per heavy atom. The van der Waals surface area contributed by atoms with E-state index in [9.17, 15) is 9.59 Å². The Morgan fingerprint density at radius 2 is 2.33 bits per heavy atom. The van der Waals surface area contributed by atoms with Gasteiger partial charge in [-0.15, -0.1) is 12.3 Å². The number of terminal acetylenes is 1. The quantitative estimate of drug-likeness (QED) is 0.670. The van der Waals surface area contributed by atoms with E-state index < -0.39 is 6.04 Å². The minimum absolute atomic E-state index is 0.0245. The molecule has 1 aliphatic heterocycles. The van der Waals surface area contributed by atoms with Crippen LogP contribution in [0.15, 0.2) is 0 Å².